The van der Waals surface area contributed by atoms with Gasteiger partial charge in [0.1, 0.15) is 5.75 Å². The van der Waals surface area contributed by atoms with Gasteiger partial charge in [0, 0.05) is 5.56 Å². The van der Waals surface area contributed by atoms with Gasteiger partial charge in [-0.1, -0.05) is 62.7 Å². The van der Waals surface area contributed by atoms with Crippen molar-refractivity contribution < 1.29 is 10.3 Å². The van der Waals surface area contributed by atoms with Crippen LogP contribution in [0.1, 0.15) is 63.0 Å². The fraction of sp³-hybridized carbons (Fsp3) is 0.562. The Morgan fingerprint density at radius 1 is 1.05 bits per heavy atom. The summed E-state index contributed by atoms with van der Waals surface area (Å²) >= 11 is 0. The van der Waals surface area contributed by atoms with Crippen molar-refractivity contribution in [2.75, 3.05) is 0 Å². The van der Waals surface area contributed by atoms with E-state index in [1.165, 1.54) is 44.7 Å². The van der Waals surface area contributed by atoms with Gasteiger partial charge in [-0.3, -0.25) is 0 Å². The van der Waals surface area contributed by atoms with Crippen molar-refractivity contribution in [2.45, 2.75) is 58.3 Å². The molecule has 2 N–H and O–H groups in total. The highest BCUT2D eigenvalue weighted by molar-refractivity contribution is 5.83. The monoisotopic (exact) mass is 263 g/mol. The molecule has 0 aliphatic rings. The summed E-state index contributed by atoms with van der Waals surface area (Å²) in [6.45, 7) is 2.23. The first kappa shape index (κ1) is 15.5. The summed E-state index contributed by atoms with van der Waals surface area (Å²) in [6, 6.07) is 5.55. The zero-order valence-electron chi connectivity index (χ0n) is 11.8. The highest BCUT2D eigenvalue weighted by Gasteiger charge is 2.05. The van der Waals surface area contributed by atoms with Crippen LogP contribution in [0.2, 0.25) is 0 Å². The first-order valence-corrected chi connectivity index (χ1v) is 7.28. The van der Waals surface area contributed by atoms with Crippen LogP contribution in [0.25, 0.3) is 0 Å². The van der Waals surface area contributed by atoms with E-state index in [1.54, 1.807) is 6.07 Å². The minimum absolute atomic E-state index is 0.242. The summed E-state index contributed by atoms with van der Waals surface area (Å²) in [7, 11) is 0. The molecule has 0 aromatic heterocycles. The number of aromatic hydroxyl groups is 1. The zero-order chi connectivity index (χ0) is 13.9. The van der Waals surface area contributed by atoms with Crippen LogP contribution in [0.4, 0.5) is 0 Å². The Bertz CT molecular complexity index is 388. The number of aryl methyl sites for hydroxylation is 1. The molecule has 0 amide bonds. The van der Waals surface area contributed by atoms with Gasteiger partial charge in [0.05, 0.1) is 6.21 Å². The summed E-state index contributed by atoms with van der Waals surface area (Å²) in [4.78, 5) is 0. The Morgan fingerprint density at radius 3 is 2.42 bits per heavy atom. The van der Waals surface area contributed by atoms with E-state index >= 15 is 0 Å². The maximum absolute atomic E-state index is 9.99. The van der Waals surface area contributed by atoms with Gasteiger partial charge < -0.3 is 10.3 Å². The standard InChI is InChI=1S/C16H25NO2/c1-2-3-4-5-6-7-8-10-14-11-9-12-15(13-17-19)16(14)18/h9,11-13,18-19H,2-8,10H2,1H3/b17-13-. The molecule has 0 saturated heterocycles. The van der Waals surface area contributed by atoms with Crippen LogP contribution in [0, 0.1) is 0 Å². The second kappa shape index (κ2) is 9.42. The number of phenols is 1. The zero-order valence-corrected chi connectivity index (χ0v) is 11.8. The Hall–Kier alpha value is -1.51. The van der Waals surface area contributed by atoms with E-state index in [4.69, 9.17) is 5.21 Å². The Kier molecular flexibility index (Phi) is 7.71. The maximum atomic E-state index is 9.99. The molecule has 1 aromatic carbocycles. The number of hydrogen-bond acceptors (Lipinski definition) is 3. The van der Waals surface area contributed by atoms with Crippen LogP contribution < -0.4 is 0 Å². The van der Waals surface area contributed by atoms with Gasteiger partial charge in [0.15, 0.2) is 0 Å². The fourth-order valence-electron chi connectivity index (χ4n) is 2.25. The lowest BCUT2D eigenvalue weighted by molar-refractivity contribution is 0.321. The number of rotatable bonds is 9. The minimum atomic E-state index is 0.242. The number of oxime groups is 1. The molecule has 0 bridgehead atoms. The van der Waals surface area contributed by atoms with Crippen molar-refractivity contribution in [2.24, 2.45) is 5.16 Å². The van der Waals surface area contributed by atoms with Crippen LogP contribution in [-0.4, -0.2) is 16.5 Å². The van der Waals surface area contributed by atoms with Crippen LogP contribution in [0.15, 0.2) is 23.4 Å². The van der Waals surface area contributed by atoms with Gasteiger partial charge in [-0.15, -0.1) is 0 Å². The molecule has 0 aliphatic heterocycles. The van der Waals surface area contributed by atoms with Gasteiger partial charge in [-0.25, -0.2) is 0 Å². The highest BCUT2D eigenvalue weighted by atomic mass is 16.4. The molecule has 106 valence electrons. The molecule has 0 saturated carbocycles. The molecule has 1 aromatic rings. The lowest BCUT2D eigenvalue weighted by Gasteiger charge is -2.06. The summed E-state index contributed by atoms with van der Waals surface area (Å²) in [5, 5.41) is 21.5. The predicted octanol–water partition coefficient (Wildman–Crippen LogP) is 4.49. The quantitative estimate of drug-likeness (QED) is 0.298. The van der Waals surface area contributed by atoms with Crippen molar-refractivity contribution in [1.29, 1.82) is 0 Å². The van der Waals surface area contributed by atoms with E-state index in [9.17, 15) is 5.11 Å². The molecule has 0 fully saturated rings. The second-order valence-electron chi connectivity index (χ2n) is 4.97. The number of nitrogens with zero attached hydrogens (tertiary/aromatic N) is 1. The minimum Gasteiger partial charge on any atom is -0.507 e. The van der Waals surface area contributed by atoms with Crippen LogP contribution >= 0.6 is 0 Å². The molecular formula is C16H25NO2. The van der Waals surface area contributed by atoms with E-state index in [-0.39, 0.29) is 5.75 Å². The van der Waals surface area contributed by atoms with Gasteiger partial charge in [0.25, 0.3) is 0 Å². The van der Waals surface area contributed by atoms with E-state index in [2.05, 4.69) is 12.1 Å². The third kappa shape index (κ3) is 5.77. The number of phenolic OH excluding ortho intramolecular Hbond substituents is 1. The summed E-state index contributed by atoms with van der Waals surface area (Å²) in [5.74, 6) is 0.242. The third-order valence-electron chi connectivity index (χ3n) is 3.40. The first-order valence-electron chi connectivity index (χ1n) is 7.28. The van der Waals surface area contributed by atoms with Gasteiger partial charge in [-0.2, -0.15) is 0 Å². The number of benzene rings is 1. The van der Waals surface area contributed by atoms with Crippen molar-refractivity contribution in [1.82, 2.24) is 0 Å². The van der Waals surface area contributed by atoms with Crippen LogP contribution in [-0.2, 0) is 6.42 Å². The van der Waals surface area contributed by atoms with E-state index in [0.717, 1.165) is 18.4 Å². The summed E-state index contributed by atoms with van der Waals surface area (Å²) in [6.07, 6.45) is 11.0. The van der Waals surface area contributed by atoms with E-state index < -0.39 is 0 Å². The van der Waals surface area contributed by atoms with Crippen molar-refractivity contribution >= 4 is 6.21 Å². The smallest absolute Gasteiger partial charge is 0.127 e. The van der Waals surface area contributed by atoms with Crippen molar-refractivity contribution in [3.05, 3.63) is 29.3 Å². The molecule has 0 aliphatic carbocycles. The van der Waals surface area contributed by atoms with Crippen LogP contribution in [0.5, 0.6) is 5.75 Å². The Balaban J connectivity index is 2.31. The van der Waals surface area contributed by atoms with Gasteiger partial charge in [0.2, 0.25) is 0 Å². The van der Waals surface area contributed by atoms with E-state index in [1.807, 2.05) is 12.1 Å². The Labute approximate surface area is 116 Å². The molecular weight excluding hydrogens is 238 g/mol. The molecule has 0 atom stereocenters. The van der Waals surface area contributed by atoms with Crippen molar-refractivity contribution in [3.63, 3.8) is 0 Å². The molecule has 0 unspecified atom stereocenters. The largest absolute Gasteiger partial charge is 0.507 e. The van der Waals surface area contributed by atoms with E-state index in [0.29, 0.717) is 5.56 Å². The third-order valence-corrected chi connectivity index (χ3v) is 3.40. The molecule has 0 heterocycles. The van der Waals surface area contributed by atoms with Crippen LogP contribution in [0.3, 0.4) is 0 Å². The molecule has 1 rings (SSSR count). The summed E-state index contributed by atoms with van der Waals surface area (Å²) in [5.41, 5.74) is 1.51. The number of para-hydroxylation sites is 1. The predicted molar refractivity (Wildman–Crippen MR) is 79.2 cm³/mol. The molecule has 19 heavy (non-hydrogen) atoms. The molecule has 3 nitrogen and oxygen atoms in total. The van der Waals surface area contributed by atoms with Gasteiger partial charge in [-0.05, 0) is 24.5 Å². The summed E-state index contributed by atoms with van der Waals surface area (Å²) < 4.78 is 0. The molecule has 0 spiro atoms. The second-order valence-corrected chi connectivity index (χ2v) is 4.97. The Morgan fingerprint density at radius 2 is 1.74 bits per heavy atom. The van der Waals surface area contributed by atoms with Crippen molar-refractivity contribution in [3.8, 4) is 5.75 Å². The SMILES string of the molecule is CCCCCCCCCc1cccc(/C=N\O)c1O. The average Bonchev–Trinajstić information content (AvgIpc) is 2.42. The average molecular weight is 263 g/mol. The lowest BCUT2D eigenvalue weighted by Crippen LogP contribution is -1.91. The lowest BCUT2D eigenvalue weighted by atomic mass is 10.0. The first-order chi connectivity index (χ1) is 9.29. The number of unbranched alkanes of at least 4 members (excludes halogenated alkanes) is 6. The molecule has 0 radical (unpaired) electrons. The van der Waals surface area contributed by atoms with Gasteiger partial charge >= 0.3 is 0 Å². The fourth-order valence-corrected chi connectivity index (χ4v) is 2.25. The maximum Gasteiger partial charge on any atom is 0.127 e. The topological polar surface area (TPSA) is 52.8 Å². The highest BCUT2D eigenvalue weighted by Crippen LogP contribution is 2.23. The normalized spacial score (nSPS) is 11.2. The molecule has 3 heteroatoms. The number of hydrogen-bond donors (Lipinski definition) is 2.